The van der Waals surface area contributed by atoms with Gasteiger partial charge in [0.2, 0.25) is 0 Å². The van der Waals surface area contributed by atoms with Gasteiger partial charge in [-0.3, -0.25) is 10.1 Å². The van der Waals surface area contributed by atoms with Gasteiger partial charge in [0.1, 0.15) is 0 Å². The molecule has 1 N–H and O–H groups in total. The van der Waals surface area contributed by atoms with Crippen LogP contribution in [0.1, 0.15) is 45.2 Å². The maximum atomic E-state index is 11.6. The predicted molar refractivity (Wildman–Crippen MR) is 75.5 cm³/mol. The first kappa shape index (κ1) is 13.8. The third-order valence-electron chi connectivity index (χ3n) is 3.67. The Labute approximate surface area is 114 Å². The SMILES string of the molecule is C/C=C1\CCC(=O)O[C@@]1(C)N[C@H](C)c1ccccc1. The number of carbonyl (C=O) groups excluding carboxylic acids is 1. The second kappa shape index (κ2) is 5.57. The fourth-order valence-electron chi connectivity index (χ4n) is 2.60. The largest absolute Gasteiger partial charge is 0.440 e. The van der Waals surface area contributed by atoms with Crippen LogP contribution in [0.2, 0.25) is 0 Å². The molecule has 0 amide bonds. The average molecular weight is 259 g/mol. The van der Waals surface area contributed by atoms with Crippen molar-refractivity contribution in [3.63, 3.8) is 0 Å². The van der Waals surface area contributed by atoms with Crippen molar-refractivity contribution in [1.82, 2.24) is 5.32 Å². The highest BCUT2D eigenvalue weighted by Crippen LogP contribution is 2.31. The zero-order valence-corrected chi connectivity index (χ0v) is 11.8. The Kier molecular flexibility index (Phi) is 4.05. The summed E-state index contributed by atoms with van der Waals surface area (Å²) >= 11 is 0. The molecule has 0 spiro atoms. The third-order valence-corrected chi connectivity index (χ3v) is 3.67. The van der Waals surface area contributed by atoms with Gasteiger partial charge in [0, 0.05) is 12.5 Å². The number of ether oxygens (including phenoxy) is 1. The van der Waals surface area contributed by atoms with Crippen molar-refractivity contribution in [3.05, 3.63) is 47.5 Å². The minimum atomic E-state index is -0.695. The summed E-state index contributed by atoms with van der Waals surface area (Å²) in [5, 5.41) is 3.43. The summed E-state index contributed by atoms with van der Waals surface area (Å²) in [7, 11) is 0. The molecule has 1 fully saturated rings. The zero-order chi connectivity index (χ0) is 13.9. The highest BCUT2D eigenvalue weighted by Gasteiger charge is 2.37. The first-order chi connectivity index (χ1) is 9.05. The number of esters is 1. The van der Waals surface area contributed by atoms with Crippen LogP contribution < -0.4 is 5.32 Å². The van der Waals surface area contributed by atoms with Crippen LogP contribution in [0.5, 0.6) is 0 Å². The molecule has 2 rings (SSSR count). The van der Waals surface area contributed by atoms with Crippen LogP contribution in [0.3, 0.4) is 0 Å². The van der Waals surface area contributed by atoms with Crippen molar-refractivity contribution in [2.45, 2.75) is 45.4 Å². The molecular formula is C16H21NO2. The van der Waals surface area contributed by atoms with Crippen molar-refractivity contribution >= 4 is 5.97 Å². The summed E-state index contributed by atoms with van der Waals surface area (Å²) in [6.45, 7) is 6.00. The highest BCUT2D eigenvalue weighted by atomic mass is 16.6. The average Bonchev–Trinajstić information content (AvgIpc) is 2.39. The van der Waals surface area contributed by atoms with Gasteiger partial charge in [0.15, 0.2) is 5.72 Å². The zero-order valence-electron chi connectivity index (χ0n) is 11.8. The minimum absolute atomic E-state index is 0.118. The van der Waals surface area contributed by atoms with Crippen molar-refractivity contribution in [3.8, 4) is 0 Å². The lowest BCUT2D eigenvalue weighted by Crippen LogP contribution is -2.51. The van der Waals surface area contributed by atoms with E-state index in [1.54, 1.807) is 0 Å². The van der Waals surface area contributed by atoms with Gasteiger partial charge in [0.05, 0.1) is 0 Å². The Balaban J connectivity index is 2.17. The normalized spacial score (nSPS) is 27.1. The first-order valence-corrected chi connectivity index (χ1v) is 6.75. The second-order valence-corrected chi connectivity index (χ2v) is 5.10. The van der Waals surface area contributed by atoms with Crippen LogP contribution in [0, 0.1) is 0 Å². The Hall–Kier alpha value is -1.61. The van der Waals surface area contributed by atoms with Gasteiger partial charge < -0.3 is 4.74 Å². The predicted octanol–water partition coefficient (Wildman–Crippen LogP) is 3.34. The lowest BCUT2D eigenvalue weighted by atomic mass is 9.94. The van der Waals surface area contributed by atoms with Gasteiger partial charge in [0.25, 0.3) is 0 Å². The van der Waals surface area contributed by atoms with Crippen molar-refractivity contribution in [2.24, 2.45) is 0 Å². The van der Waals surface area contributed by atoms with Gasteiger partial charge in [-0.1, -0.05) is 36.4 Å². The second-order valence-electron chi connectivity index (χ2n) is 5.10. The van der Waals surface area contributed by atoms with E-state index in [9.17, 15) is 4.79 Å². The lowest BCUT2D eigenvalue weighted by molar-refractivity contribution is -0.162. The van der Waals surface area contributed by atoms with Gasteiger partial charge in [-0.2, -0.15) is 0 Å². The van der Waals surface area contributed by atoms with Crippen molar-refractivity contribution < 1.29 is 9.53 Å². The van der Waals surface area contributed by atoms with Crippen LogP contribution in [-0.2, 0) is 9.53 Å². The summed E-state index contributed by atoms with van der Waals surface area (Å²) in [4.78, 5) is 11.6. The molecular weight excluding hydrogens is 238 g/mol. The van der Waals surface area contributed by atoms with Crippen LogP contribution in [0.25, 0.3) is 0 Å². The number of cyclic esters (lactones) is 1. The van der Waals surface area contributed by atoms with Crippen LogP contribution in [-0.4, -0.2) is 11.7 Å². The molecule has 1 aromatic carbocycles. The summed E-state index contributed by atoms with van der Waals surface area (Å²) in [5.41, 5.74) is 1.62. The Morgan fingerprint density at radius 3 is 2.63 bits per heavy atom. The number of hydrogen-bond donors (Lipinski definition) is 1. The molecule has 2 atom stereocenters. The molecule has 1 heterocycles. The molecule has 0 aliphatic carbocycles. The molecule has 1 aliphatic heterocycles. The Bertz CT molecular complexity index is 481. The summed E-state index contributed by atoms with van der Waals surface area (Å²) in [6, 6.07) is 10.3. The number of allylic oxidation sites excluding steroid dienone is 1. The molecule has 0 aromatic heterocycles. The van der Waals surface area contributed by atoms with Crippen LogP contribution in [0.4, 0.5) is 0 Å². The van der Waals surface area contributed by atoms with Crippen LogP contribution in [0.15, 0.2) is 42.0 Å². The van der Waals surface area contributed by atoms with E-state index >= 15 is 0 Å². The van der Waals surface area contributed by atoms with Gasteiger partial charge >= 0.3 is 5.97 Å². The molecule has 0 bridgehead atoms. The number of nitrogens with one attached hydrogen (secondary N) is 1. The summed E-state index contributed by atoms with van der Waals surface area (Å²) < 4.78 is 5.55. The Morgan fingerprint density at radius 2 is 2.00 bits per heavy atom. The van der Waals surface area contributed by atoms with E-state index in [0.29, 0.717) is 6.42 Å². The molecule has 1 aliphatic rings. The molecule has 3 nitrogen and oxygen atoms in total. The minimum Gasteiger partial charge on any atom is -0.440 e. The maximum absolute atomic E-state index is 11.6. The molecule has 1 aromatic rings. The van der Waals surface area contributed by atoms with E-state index < -0.39 is 5.72 Å². The topological polar surface area (TPSA) is 38.3 Å². The molecule has 19 heavy (non-hydrogen) atoms. The van der Waals surface area contributed by atoms with Gasteiger partial charge in [-0.15, -0.1) is 0 Å². The number of carbonyl (C=O) groups is 1. The summed E-state index contributed by atoms with van der Waals surface area (Å²) in [6.07, 6.45) is 3.27. The molecule has 1 saturated heterocycles. The van der Waals surface area contributed by atoms with Crippen molar-refractivity contribution in [1.29, 1.82) is 0 Å². The smallest absolute Gasteiger partial charge is 0.308 e. The maximum Gasteiger partial charge on any atom is 0.308 e. The van der Waals surface area contributed by atoms with E-state index in [0.717, 1.165) is 12.0 Å². The summed E-state index contributed by atoms with van der Waals surface area (Å²) in [5.74, 6) is -0.138. The number of rotatable bonds is 3. The molecule has 0 saturated carbocycles. The van der Waals surface area contributed by atoms with E-state index in [4.69, 9.17) is 4.74 Å². The van der Waals surface area contributed by atoms with Gasteiger partial charge in [-0.25, -0.2) is 0 Å². The molecule has 3 heteroatoms. The third kappa shape index (κ3) is 3.04. The first-order valence-electron chi connectivity index (χ1n) is 6.75. The monoisotopic (exact) mass is 259 g/mol. The molecule has 0 unspecified atom stereocenters. The van der Waals surface area contributed by atoms with Gasteiger partial charge in [-0.05, 0) is 38.3 Å². The quantitative estimate of drug-likeness (QED) is 0.668. The lowest BCUT2D eigenvalue weighted by Gasteiger charge is -2.38. The molecule has 0 radical (unpaired) electrons. The Morgan fingerprint density at radius 1 is 1.32 bits per heavy atom. The van der Waals surface area contributed by atoms with Crippen molar-refractivity contribution in [2.75, 3.05) is 0 Å². The van der Waals surface area contributed by atoms with Crippen LogP contribution >= 0.6 is 0 Å². The number of benzene rings is 1. The van der Waals surface area contributed by atoms with E-state index in [-0.39, 0.29) is 12.0 Å². The highest BCUT2D eigenvalue weighted by molar-refractivity contribution is 5.72. The standard InChI is InChI=1S/C16H21NO2/c1-4-14-10-11-15(18)19-16(14,3)17-12(2)13-8-6-5-7-9-13/h4-9,12,17H,10-11H2,1-3H3/b14-4+/t12-,16-/m1/s1. The van der Waals surface area contributed by atoms with E-state index in [2.05, 4.69) is 24.4 Å². The number of hydrogen-bond acceptors (Lipinski definition) is 3. The van der Waals surface area contributed by atoms with E-state index in [1.165, 1.54) is 5.56 Å². The van der Waals surface area contributed by atoms with E-state index in [1.807, 2.05) is 38.1 Å². The molecule has 102 valence electrons. The fraction of sp³-hybridized carbons (Fsp3) is 0.438. The fourth-order valence-corrected chi connectivity index (χ4v) is 2.60.